The number of nitrogens with zero attached hydrogens (tertiary/aromatic N) is 1. The normalized spacial score (nSPS) is 26.0. The van der Waals surface area contributed by atoms with Crippen LogP contribution in [0, 0.1) is 21.4 Å². The van der Waals surface area contributed by atoms with Gasteiger partial charge in [-0.1, -0.05) is 44.2 Å². The predicted octanol–water partition coefficient (Wildman–Crippen LogP) is 4.55. The summed E-state index contributed by atoms with van der Waals surface area (Å²) >= 11 is 0. The van der Waals surface area contributed by atoms with Crippen molar-refractivity contribution in [2.24, 2.45) is 11.3 Å². The maximum atomic E-state index is 13.2. The van der Waals surface area contributed by atoms with Crippen molar-refractivity contribution in [1.82, 2.24) is 0 Å². The summed E-state index contributed by atoms with van der Waals surface area (Å²) in [5, 5.41) is 18.6. The van der Waals surface area contributed by atoms with Gasteiger partial charge < -0.3 is 10.6 Å². The van der Waals surface area contributed by atoms with Gasteiger partial charge in [0.25, 0.3) is 5.69 Å². The Bertz CT molecular complexity index is 909. The molecule has 0 saturated heterocycles. The molecule has 2 aliphatic rings. The average Bonchev–Trinajstić information content (AvgIpc) is 2.76. The van der Waals surface area contributed by atoms with E-state index in [9.17, 15) is 14.9 Å². The van der Waals surface area contributed by atoms with Gasteiger partial charge in [-0.3, -0.25) is 14.9 Å². The molecule has 0 radical (unpaired) electrons. The van der Waals surface area contributed by atoms with Crippen molar-refractivity contribution >= 4 is 22.8 Å². The van der Waals surface area contributed by atoms with Crippen molar-refractivity contribution in [3.8, 4) is 0 Å². The minimum atomic E-state index is -0.448. The Kier molecular flexibility index (Phi) is 4.13. The maximum Gasteiger partial charge on any atom is 0.274 e. The average molecular weight is 365 g/mol. The zero-order valence-corrected chi connectivity index (χ0v) is 15.4. The molecule has 1 saturated carbocycles. The highest BCUT2D eigenvalue weighted by atomic mass is 16.6. The third-order valence-electron chi connectivity index (χ3n) is 5.64. The molecule has 0 unspecified atom stereocenters. The van der Waals surface area contributed by atoms with Crippen molar-refractivity contribution in [1.29, 1.82) is 0 Å². The van der Waals surface area contributed by atoms with Crippen molar-refractivity contribution in [3.05, 3.63) is 64.2 Å². The molecule has 0 spiro atoms. The molecule has 3 atom stereocenters. The molecule has 27 heavy (non-hydrogen) atoms. The van der Waals surface area contributed by atoms with Crippen LogP contribution in [0.3, 0.4) is 0 Å². The molecule has 2 N–H and O–H groups in total. The second kappa shape index (κ2) is 6.37. The first-order valence-corrected chi connectivity index (χ1v) is 9.24. The van der Waals surface area contributed by atoms with Gasteiger partial charge in [-0.05, 0) is 24.0 Å². The minimum absolute atomic E-state index is 0.0470. The molecule has 6 nitrogen and oxygen atoms in total. The summed E-state index contributed by atoms with van der Waals surface area (Å²) in [6.45, 7) is 4.21. The highest BCUT2D eigenvalue weighted by Crippen LogP contribution is 2.47. The summed E-state index contributed by atoms with van der Waals surface area (Å²) in [5.74, 6) is -0.223. The Morgan fingerprint density at radius 2 is 1.67 bits per heavy atom. The van der Waals surface area contributed by atoms with Gasteiger partial charge in [0.05, 0.1) is 33.8 Å². The van der Waals surface area contributed by atoms with E-state index in [2.05, 4.69) is 24.5 Å². The quantitative estimate of drug-likeness (QED) is 0.602. The van der Waals surface area contributed by atoms with Gasteiger partial charge in [-0.15, -0.1) is 0 Å². The number of nitro benzene ring substituents is 1. The van der Waals surface area contributed by atoms with Crippen LogP contribution >= 0.6 is 0 Å². The van der Waals surface area contributed by atoms with Crippen LogP contribution in [-0.2, 0) is 4.79 Å². The van der Waals surface area contributed by atoms with Crippen LogP contribution in [0.25, 0.3) is 0 Å². The Hall–Kier alpha value is -2.89. The Morgan fingerprint density at radius 1 is 1.04 bits per heavy atom. The molecule has 6 heteroatoms. The molecule has 0 bridgehead atoms. The van der Waals surface area contributed by atoms with Gasteiger partial charge >= 0.3 is 0 Å². The Morgan fingerprint density at radius 3 is 2.37 bits per heavy atom. The van der Waals surface area contributed by atoms with E-state index in [1.54, 1.807) is 18.2 Å². The summed E-state index contributed by atoms with van der Waals surface area (Å²) in [5.41, 5.74) is 2.30. The van der Waals surface area contributed by atoms with Crippen molar-refractivity contribution < 1.29 is 9.72 Å². The molecular formula is C21H23N3O3. The predicted molar refractivity (Wildman–Crippen MR) is 105 cm³/mol. The molecule has 1 aliphatic carbocycles. The van der Waals surface area contributed by atoms with Crippen LogP contribution in [0.2, 0.25) is 0 Å². The molecule has 2 aromatic rings. The summed E-state index contributed by atoms with van der Waals surface area (Å²) in [7, 11) is 0. The number of benzene rings is 2. The summed E-state index contributed by atoms with van der Waals surface area (Å²) in [4.78, 5) is 24.4. The Labute approximate surface area is 158 Å². The molecule has 1 fully saturated rings. The van der Waals surface area contributed by atoms with Crippen LogP contribution in [-0.4, -0.2) is 16.7 Å². The lowest BCUT2D eigenvalue weighted by Gasteiger charge is -2.41. The zero-order chi connectivity index (χ0) is 19.2. The fourth-order valence-corrected chi connectivity index (χ4v) is 4.55. The number of Topliss-reactive ketones (excluding diaryl/α,β-unsaturated/α-hetero) is 1. The number of carbonyl (C=O) groups excluding carboxylic acids is 1. The number of ketones is 1. The molecule has 140 valence electrons. The molecule has 2 aromatic carbocycles. The lowest BCUT2D eigenvalue weighted by Crippen LogP contribution is -2.47. The number of nitro groups is 1. The van der Waals surface area contributed by atoms with E-state index in [4.69, 9.17) is 0 Å². The van der Waals surface area contributed by atoms with E-state index >= 15 is 0 Å². The topological polar surface area (TPSA) is 84.3 Å². The first-order valence-electron chi connectivity index (χ1n) is 9.24. The van der Waals surface area contributed by atoms with E-state index in [1.807, 2.05) is 24.3 Å². The number of fused-ring (bicyclic) bond motifs is 2. The third kappa shape index (κ3) is 3.16. The number of hydrogen-bond acceptors (Lipinski definition) is 5. The lowest BCUT2D eigenvalue weighted by molar-refractivity contribution is -0.385. The second-order valence-electron chi connectivity index (χ2n) is 8.27. The summed E-state index contributed by atoms with van der Waals surface area (Å²) in [6, 6.07) is 14.0. The molecule has 0 amide bonds. The van der Waals surface area contributed by atoms with E-state index in [0.29, 0.717) is 12.0 Å². The lowest BCUT2D eigenvalue weighted by atomic mass is 9.66. The summed E-state index contributed by atoms with van der Waals surface area (Å²) < 4.78 is 0. The SMILES string of the molecule is CC1(C)CC(=O)[C@H]2[C@@H](C1)Nc1ccccc1N[C@H]2c1ccccc1[N+](=O)[O-]. The number of carbonyl (C=O) groups is 1. The van der Waals surface area contributed by atoms with E-state index < -0.39 is 6.04 Å². The maximum absolute atomic E-state index is 13.2. The first kappa shape index (κ1) is 17.5. The number of rotatable bonds is 2. The standard InChI is InChI=1S/C21H23N3O3/c1-21(2)11-16-19(18(25)12-21)20(13-7-3-6-10-17(13)24(26)27)23-15-9-5-4-8-14(15)22-16/h3-10,16,19-20,22-23H,11-12H2,1-2H3/t16-,19-,20+/m1/s1. The smallest absolute Gasteiger partial charge is 0.274 e. The van der Waals surface area contributed by atoms with E-state index in [1.165, 1.54) is 6.07 Å². The van der Waals surface area contributed by atoms with Crippen molar-refractivity contribution in [3.63, 3.8) is 0 Å². The van der Waals surface area contributed by atoms with E-state index in [-0.39, 0.29) is 33.8 Å². The van der Waals surface area contributed by atoms with Crippen LogP contribution in [0.15, 0.2) is 48.5 Å². The van der Waals surface area contributed by atoms with Crippen molar-refractivity contribution in [2.75, 3.05) is 10.6 Å². The van der Waals surface area contributed by atoms with Gasteiger partial charge in [0, 0.05) is 18.5 Å². The molecule has 1 heterocycles. The zero-order valence-electron chi connectivity index (χ0n) is 15.4. The number of para-hydroxylation sites is 3. The monoisotopic (exact) mass is 365 g/mol. The minimum Gasteiger partial charge on any atom is -0.380 e. The number of nitrogens with one attached hydrogen (secondary N) is 2. The summed E-state index contributed by atoms with van der Waals surface area (Å²) in [6.07, 6.45) is 1.31. The van der Waals surface area contributed by atoms with Gasteiger partial charge in [0.2, 0.25) is 0 Å². The number of anilines is 2. The molecule has 1 aliphatic heterocycles. The van der Waals surface area contributed by atoms with Crippen molar-refractivity contribution in [2.45, 2.75) is 38.8 Å². The van der Waals surface area contributed by atoms with Gasteiger partial charge in [-0.25, -0.2) is 0 Å². The van der Waals surface area contributed by atoms with Crippen LogP contribution in [0.4, 0.5) is 17.1 Å². The highest BCUT2D eigenvalue weighted by Gasteiger charge is 2.47. The van der Waals surface area contributed by atoms with Crippen LogP contribution in [0.5, 0.6) is 0 Å². The third-order valence-corrected chi connectivity index (χ3v) is 5.64. The molecule has 4 rings (SSSR count). The van der Waals surface area contributed by atoms with Crippen LogP contribution in [0.1, 0.15) is 38.3 Å². The fourth-order valence-electron chi connectivity index (χ4n) is 4.55. The number of hydrogen-bond donors (Lipinski definition) is 2. The molecular weight excluding hydrogens is 342 g/mol. The highest BCUT2D eigenvalue weighted by molar-refractivity contribution is 5.87. The van der Waals surface area contributed by atoms with Crippen LogP contribution < -0.4 is 10.6 Å². The molecule has 0 aromatic heterocycles. The first-order chi connectivity index (χ1) is 12.9. The second-order valence-corrected chi connectivity index (χ2v) is 8.27. The van der Waals surface area contributed by atoms with E-state index in [0.717, 1.165) is 17.8 Å². The Balaban J connectivity index is 1.87. The van der Waals surface area contributed by atoms with Gasteiger partial charge in [0.1, 0.15) is 5.78 Å². The largest absolute Gasteiger partial charge is 0.380 e. The van der Waals surface area contributed by atoms with Gasteiger partial charge in [-0.2, -0.15) is 0 Å². The fraction of sp³-hybridized carbons (Fsp3) is 0.381. The van der Waals surface area contributed by atoms with Gasteiger partial charge in [0.15, 0.2) is 0 Å².